The van der Waals surface area contributed by atoms with Crippen LogP contribution in [0.25, 0.3) is 0 Å². The van der Waals surface area contributed by atoms with Gasteiger partial charge in [-0.15, -0.1) is 0 Å². The lowest BCUT2D eigenvalue weighted by Gasteiger charge is -2.29. The molecule has 0 spiro atoms. The second kappa shape index (κ2) is 8.65. The van der Waals surface area contributed by atoms with E-state index in [1.807, 2.05) is 0 Å². The molecule has 3 rings (SSSR count). The van der Waals surface area contributed by atoms with Crippen molar-refractivity contribution >= 4 is 40.7 Å². The number of carbonyl (C=O) groups excluding carboxylic acids is 2. The number of nitrogens with zero attached hydrogens (tertiary/aromatic N) is 1. The molecule has 1 heterocycles. The van der Waals surface area contributed by atoms with E-state index in [0.29, 0.717) is 11.1 Å². The van der Waals surface area contributed by atoms with Crippen molar-refractivity contribution in [3.63, 3.8) is 0 Å². The molecule has 10 heteroatoms. The topological polar surface area (TPSA) is 65.0 Å². The highest BCUT2D eigenvalue weighted by molar-refractivity contribution is 6.34. The van der Waals surface area contributed by atoms with Crippen LogP contribution in [0.3, 0.4) is 0 Å². The van der Waals surface area contributed by atoms with Gasteiger partial charge in [0.15, 0.2) is 5.78 Å². The first-order valence-electron chi connectivity index (χ1n) is 9.75. The van der Waals surface area contributed by atoms with Crippen molar-refractivity contribution in [2.24, 2.45) is 10.6 Å². The van der Waals surface area contributed by atoms with Gasteiger partial charge in [0.1, 0.15) is 5.41 Å². The van der Waals surface area contributed by atoms with Crippen LogP contribution in [-0.2, 0) is 20.0 Å². The summed E-state index contributed by atoms with van der Waals surface area (Å²) in [6.45, 7) is 4.50. The van der Waals surface area contributed by atoms with Crippen LogP contribution >= 0.6 is 23.2 Å². The fourth-order valence-corrected chi connectivity index (χ4v) is 4.15. The lowest BCUT2D eigenvalue weighted by Crippen LogP contribution is -2.42. The third-order valence-electron chi connectivity index (χ3n) is 5.58. The van der Waals surface area contributed by atoms with Crippen LogP contribution in [0.5, 0.6) is 0 Å². The molecule has 5 nitrogen and oxygen atoms in total. The van der Waals surface area contributed by atoms with Crippen molar-refractivity contribution in [1.29, 1.82) is 0 Å². The van der Waals surface area contributed by atoms with Gasteiger partial charge in [-0.1, -0.05) is 40.5 Å². The molecule has 2 aromatic rings. The van der Waals surface area contributed by atoms with E-state index in [2.05, 4.69) is 5.16 Å². The zero-order valence-corrected chi connectivity index (χ0v) is 19.7. The Morgan fingerprint density at radius 1 is 1.09 bits per heavy atom. The molecule has 0 aliphatic carbocycles. The summed E-state index contributed by atoms with van der Waals surface area (Å²) in [5, 5.41) is 3.78. The summed E-state index contributed by atoms with van der Waals surface area (Å²) < 4.78 is 47.2. The van der Waals surface area contributed by atoms with Gasteiger partial charge in [0.25, 0.3) is 5.60 Å². The first-order chi connectivity index (χ1) is 15.2. The van der Waals surface area contributed by atoms with Crippen LogP contribution in [-0.4, -0.2) is 30.8 Å². The second-order valence-corrected chi connectivity index (χ2v) is 9.14. The predicted octanol–water partition coefficient (Wildman–Crippen LogP) is 6.27. The predicted molar refractivity (Wildman–Crippen MR) is 118 cm³/mol. The monoisotopic (exact) mass is 501 g/mol. The zero-order valence-electron chi connectivity index (χ0n) is 18.1. The Balaban J connectivity index is 1.96. The molecule has 0 fully saturated rings. The molecule has 2 aromatic carbocycles. The van der Waals surface area contributed by atoms with E-state index in [-0.39, 0.29) is 26.9 Å². The highest BCUT2D eigenvalue weighted by Crippen LogP contribution is 2.49. The van der Waals surface area contributed by atoms with Crippen LogP contribution in [0.4, 0.5) is 13.2 Å². The number of methoxy groups -OCH3 is 1. The SMILES string of the molecule is COC(=O)C(C)(C)C(=O)c1ccc(C2=NOC(c3cc(Cl)cc(Cl)c3)(C(F)(F)F)C2)cc1C. The number of hydrogen-bond acceptors (Lipinski definition) is 5. The Bertz CT molecular complexity index is 1140. The normalized spacial score (nSPS) is 18.5. The summed E-state index contributed by atoms with van der Waals surface area (Å²) in [6, 6.07) is 8.04. The van der Waals surface area contributed by atoms with Crippen molar-refractivity contribution in [3.8, 4) is 0 Å². The van der Waals surface area contributed by atoms with Gasteiger partial charge in [-0.25, -0.2) is 0 Å². The van der Waals surface area contributed by atoms with Gasteiger partial charge >= 0.3 is 12.1 Å². The lowest BCUT2D eigenvalue weighted by molar-refractivity contribution is -0.275. The van der Waals surface area contributed by atoms with Gasteiger partial charge in [0, 0.05) is 27.6 Å². The maximum absolute atomic E-state index is 14.2. The van der Waals surface area contributed by atoms with Gasteiger partial charge in [0.05, 0.1) is 12.8 Å². The number of Topliss-reactive ketones (excluding diaryl/α,β-unsaturated/α-hetero) is 1. The smallest absolute Gasteiger partial charge is 0.435 e. The van der Waals surface area contributed by atoms with Crippen LogP contribution < -0.4 is 0 Å². The van der Waals surface area contributed by atoms with Crippen molar-refractivity contribution in [2.75, 3.05) is 7.11 Å². The molecule has 0 radical (unpaired) electrons. The molecule has 0 aromatic heterocycles. The van der Waals surface area contributed by atoms with E-state index in [0.717, 1.165) is 12.1 Å². The first-order valence-corrected chi connectivity index (χ1v) is 10.5. The Morgan fingerprint density at radius 3 is 2.21 bits per heavy atom. The Labute approximate surface area is 198 Å². The molecule has 0 bridgehead atoms. The number of esters is 1. The number of rotatable bonds is 5. The third-order valence-corrected chi connectivity index (χ3v) is 6.02. The van der Waals surface area contributed by atoms with Gasteiger partial charge in [-0.05, 0) is 56.2 Å². The fraction of sp³-hybridized carbons (Fsp3) is 0.348. The van der Waals surface area contributed by atoms with Crippen molar-refractivity contribution in [2.45, 2.75) is 39.0 Å². The number of aryl methyl sites for hydroxylation is 1. The van der Waals surface area contributed by atoms with E-state index in [1.165, 1.54) is 45.2 Å². The number of ether oxygens (including phenoxy) is 1. The molecule has 176 valence electrons. The average Bonchev–Trinajstić information content (AvgIpc) is 3.19. The number of carbonyl (C=O) groups is 2. The minimum Gasteiger partial charge on any atom is -0.468 e. The molecular weight excluding hydrogens is 482 g/mol. The first kappa shape index (κ1) is 25.1. The van der Waals surface area contributed by atoms with Crippen molar-refractivity contribution in [1.82, 2.24) is 0 Å². The van der Waals surface area contributed by atoms with Crippen LogP contribution in [0.15, 0.2) is 41.6 Å². The molecule has 0 saturated heterocycles. The molecule has 1 unspecified atom stereocenters. The Hall–Kier alpha value is -2.58. The van der Waals surface area contributed by atoms with Crippen molar-refractivity contribution < 1.29 is 32.3 Å². The van der Waals surface area contributed by atoms with Crippen LogP contribution in [0, 0.1) is 12.3 Å². The minimum atomic E-state index is -4.82. The molecule has 1 aliphatic rings. The molecule has 33 heavy (non-hydrogen) atoms. The molecule has 0 saturated carbocycles. The summed E-state index contributed by atoms with van der Waals surface area (Å²) >= 11 is 11.8. The van der Waals surface area contributed by atoms with E-state index < -0.39 is 35.4 Å². The van der Waals surface area contributed by atoms with E-state index in [9.17, 15) is 22.8 Å². The second-order valence-electron chi connectivity index (χ2n) is 8.26. The molecule has 0 amide bonds. The van der Waals surface area contributed by atoms with Gasteiger partial charge < -0.3 is 9.57 Å². The number of hydrogen-bond donors (Lipinski definition) is 0. The van der Waals surface area contributed by atoms with Crippen LogP contribution in [0.2, 0.25) is 10.0 Å². The maximum atomic E-state index is 14.2. The fourth-order valence-electron chi connectivity index (χ4n) is 3.63. The summed E-state index contributed by atoms with van der Waals surface area (Å²) in [7, 11) is 1.19. The number of halogens is 5. The zero-order chi connectivity index (χ0) is 24.8. The number of ketones is 1. The highest BCUT2D eigenvalue weighted by atomic mass is 35.5. The van der Waals surface area contributed by atoms with Gasteiger partial charge in [-0.2, -0.15) is 13.2 Å². The summed E-state index contributed by atoms with van der Waals surface area (Å²) in [5.74, 6) is -1.17. The standard InChI is InChI=1S/C23H20Cl2F3NO4/c1-12-7-13(5-6-17(12)19(30)21(2,3)20(31)32-4)18-11-22(33-29-18,23(26,27)28)14-8-15(24)10-16(25)9-14/h5-10H,11H2,1-4H3. The largest absolute Gasteiger partial charge is 0.468 e. The van der Waals surface area contributed by atoms with Gasteiger partial charge in [0.2, 0.25) is 0 Å². The molecular formula is C23H20Cl2F3NO4. The summed E-state index contributed by atoms with van der Waals surface area (Å²) in [6.07, 6.45) is -5.44. The van der Waals surface area contributed by atoms with E-state index in [1.54, 1.807) is 6.92 Å². The van der Waals surface area contributed by atoms with E-state index >= 15 is 0 Å². The molecule has 0 N–H and O–H groups in total. The lowest BCUT2D eigenvalue weighted by atomic mass is 9.82. The van der Waals surface area contributed by atoms with Gasteiger partial charge in [-0.3, -0.25) is 9.59 Å². The number of alkyl halides is 3. The Morgan fingerprint density at radius 2 is 1.70 bits per heavy atom. The summed E-state index contributed by atoms with van der Waals surface area (Å²) in [5.41, 5.74) is -3.35. The van der Waals surface area contributed by atoms with Crippen molar-refractivity contribution in [3.05, 3.63) is 68.7 Å². The minimum absolute atomic E-state index is 0.0325. The average molecular weight is 502 g/mol. The molecule has 1 aliphatic heterocycles. The number of benzene rings is 2. The van der Waals surface area contributed by atoms with Crippen LogP contribution in [0.1, 0.15) is 47.3 Å². The quantitative estimate of drug-likeness (QED) is 0.275. The highest BCUT2D eigenvalue weighted by Gasteiger charge is 2.62. The maximum Gasteiger partial charge on any atom is 0.435 e. The Kier molecular flexibility index (Phi) is 6.56. The molecule has 1 atom stereocenters. The number of oxime groups is 1. The van der Waals surface area contributed by atoms with E-state index in [4.69, 9.17) is 32.8 Å². The third kappa shape index (κ3) is 4.46. The summed E-state index contributed by atoms with van der Waals surface area (Å²) in [4.78, 5) is 29.9.